The van der Waals surface area contributed by atoms with Crippen molar-refractivity contribution in [3.63, 3.8) is 0 Å². The molecule has 4 rings (SSSR count). The van der Waals surface area contributed by atoms with Gasteiger partial charge in [0.25, 0.3) is 0 Å². The first-order valence-electron chi connectivity index (χ1n) is 12.1. The van der Waals surface area contributed by atoms with E-state index >= 15 is 0 Å². The minimum atomic E-state index is -0.103. The summed E-state index contributed by atoms with van der Waals surface area (Å²) in [5.41, 5.74) is 2.01. The Labute approximate surface area is 196 Å². The third-order valence-electron chi connectivity index (χ3n) is 6.76. The first-order chi connectivity index (χ1) is 16.2. The van der Waals surface area contributed by atoms with Crippen LogP contribution in [-0.2, 0) is 16.0 Å². The van der Waals surface area contributed by atoms with Crippen LogP contribution in [0.5, 0.6) is 0 Å². The Bertz CT molecular complexity index is 918. The zero-order valence-electron chi connectivity index (χ0n) is 19.2. The second-order valence-electron chi connectivity index (χ2n) is 8.96. The third-order valence-corrected chi connectivity index (χ3v) is 6.76. The molecule has 1 aliphatic heterocycles. The van der Waals surface area contributed by atoms with E-state index in [9.17, 15) is 9.59 Å². The molecule has 1 aliphatic carbocycles. The van der Waals surface area contributed by atoms with Crippen LogP contribution in [0.2, 0.25) is 0 Å². The Morgan fingerprint density at radius 3 is 2.42 bits per heavy atom. The van der Waals surface area contributed by atoms with Crippen LogP contribution in [0.4, 0.5) is 0 Å². The number of aromatic nitrogens is 1. The topological polar surface area (TPSA) is 65.5 Å². The maximum atomic E-state index is 13.2. The molecule has 2 amide bonds. The smallest absolute Gasteiger partial charge is 0.246 e. The summed E-state index contributed by atoms with van der Waals surface area (Å²) in [6, 6.07) is 15.6. The van der Waals surface area contributed by atoms with Gasteiger partial charge in [-0.2, -0.15) is 0 Å². The number of hydrogen-bond acceptors (Lipinski definition) is 4. The molecular weight excluding hydrogens is 412 g/mol. The van der Waals surface area contributed by atoms with Gasteiger partial charge in [0.15, 0.2) is 0 Å². The molecule has 1 saturated carbocycles. The number of carbonyl (C=O) groups is 2. The molecule has 1 aromatic heterocycles. The van der Waals surface area contributed by atoms with Gasteiger partial charge in [-0.05, 0) is 42.5 Å². The van der Waals surface area contributed by atoms with E-state index in [1.807, 2.05) is 59.5 Å². The minimum absolute atomic E-state index is 0.0377. The fourth-order valence-corrected chi connectivity index (χ4v) is 4.97. The zero-order valence-corrected chi connectivity index (χ0v) is 19.2. The van der Waals surface area contributed by atoms with Gasteiger partial charge in [-0.1, -0.05) is 49.2 Å². The highest BCUT2D eigenvalue weighted by Crippen LogP contribution is 2.31. The molecule has 1 N–H and O–H groups in total. The minimum Gasteiger partial charge on any atom is -0.354 e. The molecule has 6 nitrogen and oxygen atoms in total. The SMILES string of the molecule is O=C(NCCc1ccccn1)C(C1CCCC1)N1CCN(C(=O)/C=C/c2ccccc2)CC1. The maximum Gasteiger partial charge on any atom is 0.246 e. The van der Waals surface area contributed by atoms with Crippen molar-refractivity contribution in [2.75, 3.05) is 32.7 Å². The first kappa shape index (κ1) is 23.2. The van der Waals surface area contributed by atoms with Gasteiger partial charge < -0.3 is 10.2 Å². The van der Waals surface area contributed by atoms with Crippen LogP contribution >= 0.6 is 0 Å². The van der Waals surface area contributed by atoms with Gasteiger partial charge in [0, 0.05) is 57.1 Å². The summed E-state index contributed by atoms with van der Waals surface area (Å²) in [5.74, 6) is 0.567. The first-order valence-corrected chi connectivity index (χ1v) is 12.1. The normalized spacial score (nSPS) is 18.5. The molecule has 6 heteroatoms. The predicted molar refractivity (Wildman–Crippen MR) is 130 cm³/mol. The summed E-state index contributed by atoms with van der Waals surface area (Å²) in [6.07, 6.45) is 10.7. The molecule has 33 heavy (non-hydrogen) atoms. The van der Waals surface area contributed by atoms with Crippen LogP contribution in [0.1, 0.15) is 36.9 Å². The van der Waals surface area contributed by atoms with Gasteiger partial charge in [0.1, 0.15) is 0 Å². The summed E-state index contributed by atoms with van der Waals surface area (Å²) >= 11 is 0. The van der Waals surface area contributed by atoms with E-state index in [1.54, 1.807) is 12.3 Å². The lowest BCUT2D eigenvalue weighted by atomic mass is 9.95. The number of nitrogens with one attached hydrogen (secondary N) is 1. The zero-order chi connectivity index (χ0) is 22.9. The van der Waals surface area contributed by atoms with Crippen LogP contribution < -0.4 is 5.32 Å². The fraction of sp³-hybridized carbons (Fsp3) is 0.444. The maximum absolute atomic E-state index is 13.2. The lowest BCUT2D eigenvalue weighted by Crippen LogP contribution is -2.58. The highest BCUT2D eigenvalue weighted by atomic mass is 16.2. The van der Waals surface area contributed by atoms with E-state index in [0.29, 0.717) is 25.6 Å². The largest absolute Gasteiger partial charge is 0.354 e. The van der Waals surface area contributed by atoms with Crippen LogP contribution in [0, 0.1) is 5.92 Å². The van der Waals surface area contributed by atoms with Gasteiger partial charge in [-0.3, -0.25) is 19.5 Å². The molecule has 0 spiro atoms. The Kier molecular flexibility index (Phi) is 8.25. The summed E-state index contributed by atoms with van der Waals surface area (Å²) in [5, 5.41) is 3.17. The standard InChI is InChI=1S/C27H34N4O2/c32-25(14-13-22-8-2-1-3-9-22)30-18-20-31(21-19-30)26(23-10-4-5-11-23)27(33)29-17-15-24-12-6-7-16-28-24/h1-3,6-9,12-14,16,23,26H,4-5,10-11,15,17-21H2,(H,29,33)/b14-13+. The van der Waals surface area contributed by atoms with Crippen molar-refractivity contribution >= 4 is 17.9 Å². The lowest BCUT2D eigenvalue weighted by Gasteiger charge is -2.40. The van der Waals surface area contributed by atoms with Crippen molar-refractivity contribution in [1.29, 1.82) is 0 Å². The number of amides is 2. The van der Waals surface area contributed by atoms with Crippen LogP contribution in [-0.4, -0.2) is 65.4 Å². The lowest BCUT2D eigenvalue weighted by molar-refractivity contribution is -0.132. The number of piperazine rings is 1. The molecule has 1 saturated heterocycles. The predicted octanol–water partition coefficient (Wildman–Crippen LogP) is 3.16. The van der Waals surface area contributed by atoms with Crippen LogP contribution in [0.25, 0.3) is 6.08 Å². The van der Waals surface area contributed by atoms with E-state index in [1.165, 1.54) is 12.8 Å². The Morgan fingerprint density at radius 2 is 1.73 bits per heavy atom. The second-order valence-corrected chi connectivity index (χ2v) is 8.96. The average molecular weight is 447 g/mol. The van der Waals surface area contributed by atoms with Crippen molar-refractivity contribution in [3.8, 4) is 0 Å². The van der Waals surface area contributed by atoms with E-state index in [2.05, 4.69) is 15.2 Å². The Morgan fingerprint density at radius 1 is 1.00 bits per heavy atom. The van der Waals surface area contributed by atoms with Crippen LogP contribution in [0.3, 0.4) is 0 Å². The number of benzene rings is 1. The number of pyridine rings is 1. The molecule has 1 aromatic carbocycles. The van der Waals surface area contributed by atoms with Crippen molar-refractivity contribution in [2.24, 2.45) is 5.92 Å². The number of nitrogens with zero attached hydrogens (tertiary/aromatic N) is 3. The van der Waals surface area contributed by atoms with Crippen LogP contribution in [0.15, 0.2) is 60.8 Å². The molecule has 174 valence electrons. The van der Waals surface area contributed by atoms with E-state index in [-0.39, 0.29) is 17.9 Å². The van der Waals surface area contributed by atoms with E-state index < -0.39 is 0 Å². The van der Waals surface area contributed by atoms with Gasteiger partial charge >= 0.3 is 0 Å². The molecule has 2 heterocycles. The molecule has 2 aromatic rings. The fourth-order valence-electron chi connectivity index (χ4n) is 4.97. The molecular formula is C27H34N4O2. The summed E-state index contributed by atoms with van der Waals surface area (Å²) in [6.45, 7) is 3.38. The second kappa shape index (κ2) is 11.8. The quantitative estimate of drug-likeness (QED) is 0.633. The summed E-state index contributed by atoms with van der Waals surface area (Å²) < 4.78 is 0. The van der Waals surface area contributed by atoms with E-state index in [4.69, 9.17) is 0 Å². The molecule has 2 fully saturated rings. The average Bonchev–Trinajstić information content (AvgIpc) is 3.39. The van der Waals surface area contributed by atoms with Crippen molar-refractivity contribution in [2.45, 2.75) is 38.1 Å². The monoisotopic (exact) mass is 446 g/mol. The summed E-state index contributed by atoms with van der Waals surface area (Å²) in [7, 11) is 0. The third kappa shape index (κ3) is 6.51. The molecule has 2 aliphatic rings. The summed E-state index contributed by atoms with van der Waals surface area (Å²) in [4.78, 5) is 34.4. The molecule has 1 unspecified atom stereocenters. The number of carbonyl (C=O) groups excluding carboxylic acids is 2. The number of rotatable bonds is 8. The highest BCUT2D eigenvalue weighted by Gasteiger charge is 2.36. The highest BCUT2D eigenvalue weighted by molar-refractivity contribution is 5.91. The molecule has 0 bridgehead atoms. The van der Waals surface area contributed by atoms with Gasteiger partial charge in [0.2, 0.25) is 11.8 Å². The number of hydrogen-bond donors (Lipinski definition) is 1. The Hall–Kier alpha value is -2.99. The molecule has 0 radical (unpaired) electrons. The Balaban J connectivity index is 1.31. The van der Waals surface area contributed by atoms with Crippen molar-refractivity contribution in [3.05, 3.63) is 72.1 Å². The molecule has 1 atom stereocenters. The van der Waals surface area contributed by atoms with Gasteiger partial charge in [-0.15, -0.1) is 0 Å². The van der Waals surface area contributed by atoms with Crippen molar-refractivity contribution in [1.82, 2.24) is 20.1 Å². The van der Waals surface area contributed by atoms with Gasteiger partial charge in [0.05, 0.1) is 6.04 Å². The van der Waals surface area contributed by atoms with Crippen molar-refractivity contribution < 1.29 is 9.59 Å². The van der Waals surface area contributed by atoms with E-state index in [0.717, 1.165) is 43.6 Å². The van der Waals surface area contributed by atoms with Gasteiger partial charge in [-0.25, -0.2) is 0 Å².